The number of hydrogen-bond donors (Lipinski definition) is 1. The van der Waals surface area contributed by atoms with Gasteiger partial charge >= 0.3 is 0 Å². The van der Waals surface area contributed by atoms with Gasteiger partial charge in [-0.2, -0.15) is 0 Å². The van der Waals surface area contributed by atoms with Crippen LogP contribution in [0.3, 0.4) is 0 Å². The fourth-order valence-electron chi connectivity index (χ4n) is 3.47. The minimum absolute atomic E-state index is 0.0478. The minimum Gasteiger partial charge on any atom is -0.493 e. The van der Waals surface area contributed by atoms with Crippen LogP contribution in [-0.2, 0) is 11.3 Å². The molecule has 1 saturated heterocycles. The molecule has 6 nitrogen and oxygen atoms in total. The second kappa shape index (κ2) is 9.46. The summed E-state index contributed by atoms with van der Waals surface area (Å²) in [6.45, 7) is 6.35. The van der Waals surface area contributed by atoms with E-state index in [0.29, 0.717) is 0 Å². The molecule has 28 heavy (non-hydrogen) atoms. The SMILES string of the molecule is COc1ccc(C[NH+]2CCN(C(=O)COc3cccc(C)c3)CC2)cc1OC. The van der Waals surface area contributed by atoms with Gasteiger partial charge in [-0.05, 0) is 42.8 Å². The van der Waals surface area contributed by atoms with Gasteiger partial charge in [0.1, 0.15) is 12.3 Å². The highest BCUT2D eigenvalue weighted by molar-refractivity contribution is 5.77. The molecule has 0 saturated carbocycles. The van der Waals surface area contributed by atoms with Gasteiger partial charge in [0.15, 0.2) is 18.1 Å². The average molecular weight is 385 g/mol. The van der Waals surface area contributed by atoms with E-state index >= 15 is 0 Å². The van der Waals surface area contributed by atoms with Gasteiger partial charge < -0.3 is 24.0 Å². The van der Waals surface area contributed by atoms with Crippen LogP contribution < -0.4 is 19.1 Å². The van der Waals surface area contributed by atoms with Gasteiger partial charge in [0, 0.05) is 5.56 Å². The Morgan fingerprint density at radius 1 is 1.04 bits per heavy atom. The molecular weight excluding hydrogens is 356 g/mol. The third kappa shape index (κ3) is 5.16. The highest BCUT2D eigenvalue weighted by Crippen LogP contribution is 2.27. The van der Waals surface area contributed by atoms with E-state index in [1.54, 1.807) is 14.2 Å². The molecule has 1 heterocycles. The lowest BCUT2D eigenvalue weighted by Crippen LogP contribution is -3.13. The fraction of sp³-hybridized carbons (Fsp3) is 0.409. The van der Waals surface area contributed by atoms with Crippen molar-refractivity contribution in [3.05, 3.63) is 53.6 Å². The van der Waals surface area contributed by atoms with Crippen molar-refractivity contribution < 1.29 is 23.9 Å². The lowest BCUT2D eigenvalue weighted by molar-refractivity contribution is -0.917. The highest BCUT2D eigenvalue weighted by atomic mass is 16.5. The fourth-order valence-corrected chi connectivity index (χ4v) is 3.47. The maximum Gasteiger partial charge on any atom is 0.260 e. The molecule has 2 aromatic carbocycles. The van der Waals surface area contributed by atoms with Crippen LogP contribution in [-0.4, -0.2) is 57.8 Å². The van der Waals surface area contributed by atoms with Crippen LogP contribution in [0, 0.1) is 6.92 Å². The number of methoxy groups -OCH3 is 2. The van der Waals surface area contributed by atoms with E-state index in [0.717, 1.165) is 55.5 Å². The second-order valence-electron chi connectivity index (χ2n) is 7.10. The number of nitrogens with zero attached hydrogens (tertiary/aromatic N) is 1. The van der Waals surface area contributed by atoms with Crippen molar-refractivity contribution in [2.75, 3.05) is 47.0 Å². The molecule has 0 unspecified atom stereocenters. The summed E-state index contributed by atoms with van der Waals surface area (Å²) in [7, 11) is 3.29. The molecule has 1 aliphatic heterocycles. The van der Waals surface area contributed by atoms with Crippen LogP contribution in [0.25, 0.3) is 0 Å². The molecule has 0 atom stereocenters. The molecule has 1 N–H and O–H groups in total. The number of carbonyl (C=O) groups excluding carboxylic acids is 1. The number of benzene rings is 2. The zero-order chi connectivity index (χ0) is 19.9. The normalized spacial score (nSPS) is 14.6. The Labute approximate surface area is 166 Å². The summed E-state index contributed by atoms with van der Waals surface area (Å²) < 4.78 is 16.3. The molecule has 2 aromatic rings. The molecule has 0 spiro atoms. The van der Waals surface area contributed by atoms with Crippen LogP contribution in [0.15, 0.2) is 42.5 Å². The molecule has 6 heteroatoms. The first-order valence-corrected chi connectivity index (χ1v) is 9.60. The Balaban J connectivity index is 1.47. The van der Waals surface area contributed by atoms with Gasteiger partial charge in [-0.15, -0.1) is 0 Å². The maximum absolute atomic E-state index is 12.4. The van der Waals surface area contributed by atoms with Crippen molar-refractivity contribution in [3.63, 3.8) is 0 Å². The maximum atomic E-state index is 12.4. The Morgan fingerprint density at radius 2 is 1.79 bits per heavy atom. The lowest BCUT2D eigenvalue weighted by atomic mass is 10.1. The molecular formula is C22H29N2O4+. The summed E-state index contributed by atoms with van der Waals surface area (Å²) in [5.41, 5.74) is 2.33. The summed E-state index contributed by atoms with van der Waals surface area (Å²) in [6.07, 6.45) is 0. The zero-order valence-electron chi connectivity index (χ0n) is 16.9. The largest absolute Gasteiger partial charge is 0.493 e. The minimum atomic E-state index is 0.0478. The number of ether oxygens (including phenoxy) is 3. The quantitative estimate of drug-likeness (QED) is 0.781. The van der Waals surface area contributed by atoms with E-state index in [2.05, 4.69) is 6.07 Å². The molecule has 0 radical (unpaired) electrons. The first-order valence-electron chi connectivity index (χ1n) is 9.60. The summed E-state index contributed by atoms with van der Waals surface area (Å²) >= 11 is 0. The molecule has 1 aliphatic rings. The Hall–Kier alpha value is -2.73. The van der Waals surface area contributed by atoms with Gasteiger partial charge in [0.2, 0.25) is 0 Å². The summed E-state index contributed by atoms with van der Waals surface area (Å²) in [5, 5.41) is 0. The Bertz CT molecular complexity index is 801. The van der Waals surface area contributed by atoms with Crippen LogP contribution >= 0.6 is 0 Å². The van der Waals surface area contributed by atoms with Crippen molar-refractivity contribution in [1.82, 2.24) is 4.90 Å². The first kappa shape index (κ1) is 20.0. The van der Waals surface area contributed by atoms with E-state index in [1.165, 1.54) is 10.5 Å². The third-order valence-electron chi connectivity index (χ3n) is 5.08. The van der Waals surface area contributed by atoms with Crippen LogP contribution in [0.2, 0.25) is 0 Å². The van der Waals surface area contributed by atoms with Gasteiger partial charge in [-0.25, -0.2) is 0 Å². The summed E-state index contributed by atoms with van der Waals surface area (Å²) in [6, 6.07) is 13.8. The molecule has 0 bridgehead atoms. The lowest BCUT2D eigenvalue weighted by Gasteiger charge is -2.32. The van der Waals surface area contributed by atoms with Crippen LogP contribution in [0.4, 0.5) is 0 Å². The number of hydrogen-bond acceptors (Lipinski definition) is 4. The number of carbonyl (C=O) groups is 1. The van der Waals surface area contributed by atoms with Crippen molar-refractivity contribution >= 4 is 5.91 Å². The zero-order valence-corrected chi connectivity index (χ0v) is 16.9. The topological polar surface area (TPSA) is 52.4 Å². The number of piperazine rings is 1. The van der Waals surface area contributed by atoms with Crippen LogP contribution in [0.5, 0.6) is 17.2 Å². The van der Waals surface area contributed by atoms with Crippen molar-refractivity contribution in [3.8, 4) is 17.2 Å². The smallest absolute Gasteiger partial charge is 0.260 e. The number of amides is 1. The third-order valence-corrected chi connectivity index (χ3v) is 5.08. The molecule has 1 fully saturated rings. The predicted octanol–water partition coefficient (Wildman–Crippen LogP) is 1.32. The number of aryl methyl sites for hydroxylation is 1. The summed E-state index contributed by atoms with van der Waals surface area (Å²) in [5.74, 6) is 2.28. The van der Waals surface area contributed by atoms with E-state index in [4.69, 9.17) is 14.2 Å². The Kier molecular flexibility index (Phi) is 6.76. The first-order chi connectivity index (χ1) is 13.6. The van der Waals surface area contributed by atoms with Crippen LogP contribution in [0.1, 0.15) is 11.1 Å². The second-order valence-corrected chi connectivity index (χ2v) is 7.10. The van der Waals surface area contributed by atoms with E-state index in [1.807, 2.05) is 48.2 Å². The molecule has 1 amide bonds. The standard InChI is InChI=1S/C22H28N2O4/c1-17-5-4-6-19(13-17)28-16-22(25)24-11-9-23(10-12-24)15-18-7-8-20(26-2)21(14-18)27-3/h4-8,13-14H,9-12,15-16H2,1-3H3/p+1. The number of nitrogens with one attached hydrogen (secondary N) is 1. The number of quaternary nitrogens is 1. The molecule has 0 aromatic heterocycles. The van der Waals surface area contributed by atoms with Crippen molar-refractivity contribution in [2.45, 2.75) is 13.5 Å². The molecule has 0 aliphatic carbocycles. The van der Waals surface area contributed by atoms with Crippen molar-refractivity contribution in [1.29, 1.82) is 0 Å². The number of rotatable bonds is 7. The molecule has 3 rings (SSSR count). The van der Waals surface area contributed by atoms with E-state index in [-0.39, 0.29) is 12.5 Å². The van der Waals surface area contributed by atoms with Gasteiger partial charge in [0.25, 0.3) is 5.91 Å². The predicted molar refractivity (Wildman–Crippen MR) is 107 cm³/mol. The Morgan fingerprint density at radius 3 is 2.46 bits per heavy atom. The molecule has 150 valence electrons. The summed E-state index contributed by atoms with van der Waals surface area (Å²) in [4.78, 5) is 15.8. The average Bonchev–Trinajstić information content (AvgIpc) is 2.72. The highest BCUT2D eigenvalue weighted by Gasteiger charge is 2.24. The van der Waals surface area contributed by atoms with Crippen molar-refractivity contribution in [2.24, 2.45) is 0 Å². The van der Waals surface area contributed by atoms with E-state index in [9.17, 15) is 4.79 Å². The van der Waals surface area contributed by atoms with E-state index < -0.39 is 0 Å². The monoisotopic (exact) mass is 385 g/mol. The van der Waals surface area contributed by atoms with Gasteiger partial charge in [-0.1, -0.05) is 12.1 Å². The van der Waals surface area contributed by atoms with Gasteiger partial charge in [0.05, 0.1) is 40.4 Å². The van der Waals surface area contributed by atoms with Gasteiger partial charge in [-0.3, -0.25) is 4.79 Å².